The maximum atomic E-state index is 13.6. The molecule has 2 aliphatic heterocycles. The van der Waals surface area contributed by atoms with Crippen molar-refractivity contribution in [2.75, 3.05) is 25.0 Å². The van der Waals surface area contributed by atoms with E-state index in [-0.39, 0.29) is 12.0 Å². The number of halogens is 3. The van der Waals surface area contributed by atoms with E-state index in [9.17, 15) is 18.0 Å². The molecule has 3 atom stereocenters. The van der Waals surface area contributed by atoms with Gasteiger partial charge in [0.1, 0.15) is 0 Å². The van der Waals surface area contributed by atoms with Crippen LogP contribution in [-0.4, -0.2) is 52.9 Å². The molecule has 150 valence electrons. The lowest BCUT2D eigenvalue weighted by Crippen LogP contribution is -2.48. The zero-order valence-electron chi connectivity index (χ0n) is 15.9. The Labute approximate surface area is 161 Å². The Morgan fingerprint density at radius 3 is 2.82 bits per heavy atom. The lowest BCUT2D eigenvalue weighted by molar-refractivity contribution is -0.174. The smallest absolute Gasteiger partial charge is 0.308 e. The minimum absolute atomic E-state index is 0.0907. The van der Waals surface area contributed by atoms with E-state index in [1.54, 1.807) is 4.90 Å². The van der Waals surface area contributed by atoms with Crippen molar-refractivity contribution in [3.63, 3.8) is 0 Å². The van der Waals surface area contributed by atoms with Gasteiger partial charge < -0.3 is 9.80 Å². The number of aromatic nitrogens is 2. The average molecular weight is 392 g/mol. The number of fused-ring (bicyclic) bond motifs is 3. The lowest BCUT2D eigenvalue weighted by atomic mass is 9.89. The number of carbonyl (C=O) groups is 1. The molecule has 2 aromatic rings. The van der Waals surface area contributed by atoms with Gasteiger partial charge in [0.25, 0.3) is 0 Å². The maximum absolute atomic E-state index is 13.6. The minimum atomic E-state index is -4.55. The number of amides is 1. The van der Waals surface area contributed by atoms with Crippen molar-refractivity contribution in [2.24, 2.45) is 0 Å². The van der Waals surface area contributed by atoms with Crippen LogP contribution in [0.4, 0.5) is 18.9 Å². The average Bonchev–Trinajstić information content (AvgIpc) is 3.24. The molecular weight excluding hydrogens is 369 g/mol. The van der Waals surface area contributed by atoms with E-state index >= 15 is 0 Å². The van der Waals surface area contributed by atoms with Crippen molar-refractivity contribution in [3.05, 3.63) is 47.8 Å². The van der Waals surface area contributed by atoms with Gasteiger partial charge in [-0.25, -0.2) is 0 Å². The van der Waals surface area contributed by atoms with E-state index in [0.29, 0.717) is 0 Å². The second-order valence-corrected chi connectivity index (χ2v) is 7.80. The third kappa shape index (κ3) is 3.30. The van der Waals surface area contributed by atoms with E-state index < -0.39 is 24.5 Å². The standard InChI is InChI=1S/C20H23F3N4O/c1-13-4-5-16-14(10-13)15-12-25(2)9-6-17(15)27(16)19(28)11-18(20(21,22)23)26-8-3-7-24-26/h3-5,7-8,10,15,17-18H,6,9,11-12H2,1-2H3/t15-,17+,18?/m0/s1. The number of anilines is 1. The minimum Gasteiger partial charge on any atom is -0.308 e. The van der Waals surface area contributed by atoms with Gasteiger partial charge in [-0.3, -0.25) is 9.48 Å². The number of aryl methyl sites for hydroxylation is 1. The van der Waals surface area contributed by atoms with Gasteiger partial charge in [0, 0.05) is 36.6 Å². The number of alkyl halides is 3. The molecule has 1 aromatic carbocycles. The molecule has 0 aliphatic carbocycles. The molecule has 5 nitrogen and oxygen atoms in total. The molecule has 8 heteroatoms. The van der Waals surface area contributed by atoms with Crippen molar-refractivity contribution in [2.45, 2.75) is 43.9 Å². The molecule has 28 heavy (non-hydrogen) atoms. The molecule has 1 aromatic heterocycles. The van der Waals surface area contributed by atoms with Gasteiger partial charge in [0.2, 0.25) is 5.91 Å². The summed E-state index contributed by atoms with van der Waals surface area (Å²) in [6.07, 6.45) is -1.91. The Bertz CT molecular complexity index is 865. The van der Waals surface area contributed by atoms with Gasteiger partial charge in [0.15, 0.2) is 6.04 Å². The number of hydrogen-bond acceptors (Lipinski definition) is 3. The molecule has 4 rings (SSSR count). The highest BCUT2D eigenvalue weighted by Crippen LogP contribution is 2.46. The number of piperidine rings is 1. The number of likely N-dealkylation sites (tertiary alicyclic amines) is 1. The quantitative estimate of drug-likeness (QED) is 0.803. The highest BCUT2D eigenvalue weighted by atomic mass is 19.4. The Balaban J connectivity index is 1.67. The van der Waals surface area contributed by atoms with Crippen LogP contribution in [0.25, 0.3) is 0 Å². The second-order valence-electron chi connectivity index (χ2n) is 7.80. The van der Waals surface area contributed by atoms with Crippen molar-refractivity contribution >= 4 is 11.6 Å². The molecule has 1 fully saturated rings. The van der Waals surface area contributed by atoms with Gasteiger partial charge >= 0.3 is 6.18 Å². The van der Waals surface area contributed by atoms with Crippen molar-refractivity contribution in [1.29, 1.82) is 0 Å². The van der Waals surface area contributed by atoms with Gasteiger partial charge in [0.05, 0.1) is 6.42 Å². The van der Waals surface area contributed by atoms with Crippen LogP contribution < -0.4 is 4.90 Å². The van der Waals surface area contributed by atoms with Gasteiger partial charge in [-0.15, -0.1) is 0 Å². The molecule has 0 N–H and O–H groups in total. The predicted molar refractivity (Wildman–Crippen MR) is 99.2 cm³/mol. The molecule has 0 saturated carbocycles. The van der Waals surface area contributed by atoms with Crippen LogP contribution in [0, 0.1) is 6.92 Å². The Morgan fingerprint density at radius 1 is 1.36 bits per heavy atom. The first kappa shape index (κ1) is 19.0. The number of nitrogens with zero attached hydrogens (tertiary/aromatic N) is 4. The Hall–Kier alpha value is -2.35. The SMILES string of the molecule is Cc1ccc2c(c1)[C@@H]1CN(C)CC[C@H]1N2C(=O)CC(n1cccn1)C(F)(F)F. The summed E-state index contributed by atoms with van der Waals surface area (Å²) in [5.41, 5.74) is 2.90. The first-order valence-electron chi connectivity index (χ1n) is 9.42. The summed E-state index contributed by atoms with van der Waals surface area (Å²) in [6, 6.07) is 5.23. The summed E-state index contributed by atoms with van der Waals surface area (Å²) in [6.45, 7) is 3.61. The first-order chi connectivity index (χ1) is 13.3. The highest BCUT2D eigenvalue weighted by Gasteiger charge is 2.48. The molecule has 1 unspecified atom stereocenters. The monoisotopic (exact) mass is 392 g/mol. The summed E-state index contributed by atoms with van der Waals surface area (Å²) in [5.74, 6) is -0.369. The van der Waals surface area contributed by atoms with Crippen LogP contribution in [-0.2, 0) is 4.79 Å². The van der Waals surface area contributed by atoms with Crippen LogP contribution in [0.2, 0.25) is 0 Å². The fraction of sp³-hybridized carbons (Fsp3) is 0.500. The molecule has 2 aliphatic rings. The van der Waals surface area contributed by atoms with Gasteiger partial charge in [-0.2, -0.15) is 18.3 Å². The van der Waals surface area contributed by atoms with Crippen LogP contribution in [0.3, 0.4) is 0 Å². The number of benzene rings is 1. The maximum Gasteiger partial charge on any atom is 0.411 e. The zero-order valence-corrected chi connectivity index (χ0v) is 15.9. The van der Waals surface area contributed by atoms with E-state index in [4.69, 9.17) is 0 Å². The fourth-order valence-corrected chi connectivity index (χ4v) is 4.49. The van der Waals surface area contributed by atoms with Crippen molar-refractivity contribution in [1.82, 2.24) is 14.7 Å². The van der Waals surface area contributed by atoms with E-state index in [2.05, 4.69) is 16.1 Å². The number of carbonyl (C=O) groups excluding carboxylic acids is 1. The molecule has 0 spiro atoms. The summed E-state index contributed by atoms with van der Waals surface area (Å²) in [5, 5.41) is 3.73. The van der Waals surface area contributed by atoms with Crippen LogP contribution in [0.5, 0.6) is 0 Å². The number of rotatable bonds is 3. The van der Waals surface area contributed by atoms with Gasteiger partial charge in [-0.1, -0.05) is 17.7 Å². The third-order valence-electron chi connectivity index (χ3n) is 5.81. The molecule has 0 radical (unpaired) electrons. The first-order valence-corrected chi connectivity index (χ1v) is 9.42. The largest absolute Gasteiger partial charge is 0.411 e. The Kier molecular flexibility index (Phi) is 4.69. The fourth-order valence-electron chi connectivity index (χ4n) is 4.49. The second kappa shape index (κ2) is 6.92. The van der Waals surface area contributed by atoms with E-state index in [1.807, 2.05) is 26.1 Å². The predicted octanol–water partition coefficient (Wildman–Crippen LogP) is 3.52. The summed E-state index contributed by atoms with van der Waals surface area (Å²) < 4.78 is 41.7. The summed E-state index contributed by atoms with van der Waals surface area (Å²) in [7, 11) is 2.04. The molecule has 3 heterocycles. The molecule has 1 saturated heterocycles. The van der Waals surface area contributed by atoms with Gasteiger partial charge in [-0.05, 0) is 44.6 Å². The van der Waals surface area contributed by atoms with E-state index in [1.165, 1.54) is 18.5 Å². The normalized spacial score (nSPS) is 23.4. The molecule has 0 bridgehead atoms. The van der Waals surface area contributed by atoms with E-state index in [0.717, 1.165) is 41.0 Å². The molecular formula is C20H23F3N4O. The number of hydrogen-bond donors (Lipinski definition) is 0. The Morgan fingerprint density at radius 2 is 2.14 bits per heavy atom. The third-order valence-corrected chi connectivity index (χ3v) is 5.81. The lowest BCUT2D eigenvalue weighted by Gasteiger charge is -2.37. The topological polar surface area (TPSA) is 41.4 Å². The van der Waals surface area contributed by atoms with Crippen LogP contribution in [0.1, 0.15) is 35.9 Å². The number of likely N-dealkylation sites (N-methyl/N-ethyl adjacent to an activating group) is 1. The van der Waals surface area contributed by atoms with Crippen LogP contribution >= 0.6 is 0 Å². The zero-order chi connectivity index (χ0) is 20.1. The summed E-state index contributed by atoms with van der Waals surface area (Å²) >= 11 is 0. The highest BCUT2D eigenvalue weighted by molar-refractivity contribution is 5.97. The van der Waals surface area contributed by atoms with Crippen molar-refractivity contribution < 1.29 is 18.0 Å². The van der Waals surface area contributed by atoms with Crippen molar-refractivity contribution in [3.8, 4) is 0 Å². The molecule has 1 amide bonds. The summed E-state index contributed by atoms with van der Waals surface area (Å²) in [4.78, 5) is 17.0. The van der Waals surface area contributed by atoms with Crippen LogP contribution in [0.15, 0.2) is 36.7 Å².